The fourth-order valence-electron chi connectivity index (χ4n) is 3.44. The van der Waals surface area contributed by atoms with E-state index >= 15 is 0 Å². The van der Waals surface area contributed by atoms with Crippen molar-refractivity contribution in [2.45, 2.75) is 51.4 Å². The summed E-state index contributed by atoms with van der Waals surface area (Å²) in [6, 6.07) is 20.2. The van der Waals surface area contributed by atoms with Gasteiger partial charge in [-0.25, -0.2) is 0 Å². The second kappa shape index (κ2) is 9.74. The fraction of sp³-hybridized carbons (Fsp3) is 0.455. The van der Waals surface area contributed by atoms with Crippen molar-refractivity contribution in [2.75, 3.05) is 5.75 Å². The predicted molar refractivity (Wildman–Crippen MR) is 119 cm³/mol. The Hall–Kier alpha value is -1.07. The highest BCUT2D eigenvalue weighted by Gasteiger charge is 2.26. The molecule has 0 bridgehead atoms. The van der Waals surface area contributed by atoms with E-state index in [1.54, 1.807) is 11.8 Å². The number of hydrogen-bond acceptors (Lipinski definition) is 3. The molecule has 2 nitrogen and oxygen atoms in total. The lowest BCUT2D eigenvalue weighted by molar-refractivity contribution is 0.233. The van der Waals surface area contributed by atoms with Gasteiger partial charge in [-0.2, -0.15) is 0 Å². The number of rotatable bonds is 9. The summed E-state index contributed by atoms with van der Waals surface area (Å²) in [5, 5.41) is -0.0132. The van der Waals surface area contributed by atoms with Gasteiger partial charge in [0.1, 0.15) is 0 Å². The minimum Gasteiger partial charge on any atom is -0.414 e. The number of thioether (sulfide) groups is 1. The van der Waals surface area contributed by atoms with E-state index in [0.717, 1.165) is 5.75 Å². The van der Waals surface area contributed by atoms with Crippen LogP contribution in [0.2, 0.25) is 19.1 Å². The highest BCUT2D eigenvalue weighted by Crippen LogP contribution is 2.28. The normalized spacial score (nSPS) is 14.4. The second-order valence-electron chi connectivity index (χ2n) is 8.03. The molecule has 0 radical (unpaired) electrons. The van der Waals surface area contributed by atoms with Crippen LogP contribution in [0.3, 0.4) is 0 Å². The maximum atomic E-state index is 6.40. The summed E-state index contributed by atoms with van der Waals surface area (Å²) in [4.78, 5) is 0. The molecular weight excluding hydrogens is 354 g/mol. The molecule has 2 aromatic rings. The smallest absolute Gasteiger partial charge is 0.187 e. The van der Waals surface area contributed by atoms with E-state index in [0.29, 0.717) is 5.92 Å². The predicted octanol–water partition coefficient (Wildman–Crippen LogP) is 6.31. The molecule has 0 spiro atoms. The van der Waals surface area contributed by atoms with E-state index in [1.807, 2.05) is 6.07 Å². The summed E-state index contributed by atoms with van der Waals surface area (Å²) in [5.74, 6) is 1.62. The molecular formula is C22H33NOSSi. The average Bonchev–Trinajstić information content (AvgIpc) is 2.59. The maximum absolute atomic E-state index is 6.40. The topological polar surface area (TPSA) is 35.2 Å². The Kier molecular flexibility index (Phi) is 7.96. The molecule has 0 fully saturated rings. The molecule has 2 N–H and O–H groups in total. The van der Waals surface area contributed by atoms with Gasteiger partial charge in [0, 0.05) is 5.75 Å². The summed E-state index contributed by atoms with van der Waals surface area (Å²) in [5.41, 5.74) is 10.0. The number of nitrogens with two attached hydrogens (primary N) is 1. The van der Waals surface area contributed by atoms with Crippen LogP contribution < -0.4 is 5.73 Å². The summed E-state index contributed by atoms with van der Waals surface area (Å²) in [6.45, 7) is 11.3. The molecule has 2 aromatic carbocycles. The molecule has 2 rings (SSSR count). The second-order valence-corrected chi connectivity index (χ2v) is 13.4. The fourth-order valence-corrected chi connectivity index (χ4v) is 7.69. The molecule has 0 amide bonds. The van der Waals surface area contributed by atoms with Crippen LogP contribution in [0.5, 0.6) is 0 Å². The minimum absolute atomic E-state index is 0.0132. The van der Waals surface area contributed by atoms with Gasteiger partial charge in [-0.1, -0.05) is 68.4 Å². The van der Waals surface area contributed by atoms with Crippen LogP contribution >= 0.6 is 11.8 Å². The quantitative estimate of drug-likeness (QED) is 0.404. The Balaban J connectivity index is 1.86. The Morgan fingerprint density at radius 1 is 0.923 bits per heavy atom. The van der Waals surface area contributed by atoms with Gasteiger partial charge in [0.2, 0.25) is 0 Å². The third kappa shape index (κ3) is 6.91. The molecule has 0 saturated carbocycles. The highest BCUT2D eigenvalue weighted by molar-refractivity contribution is 7.99. The average molecular weight is 388 g/mol. The lowest BCUT2D eigenvalue weighted by Gasteiger charge is -2.29. The lowest BCUT2D eigenvalue weighted by atomic mass is 10.0. The van der Waals surface area contributed by atoms with Crippen LogP contribution in [0, 0.1) is 5.92 Å². The van der Waals surface area contributed by atoms with Gasteiger partial charge in [-0.05, 0) is 48.7 Å². The standard InChI is InChI=1S/C22H33NOSSi/c1-17(2)16-26(4,5)24-18(3)15-25-22(23)21-13-11-20(12-14-21)19-9-7-6-8-10-19/h6-14,17-18,22H,15-16,23H2,1-5H3. The number of hydrogen-bond donors (Lipinski definition) is 1. The molecule has 0 aliphatic heterocycles. The number of benzene rings is 2. The molecule has 2 atom stereocenters. The summed E-state index contributed by atoms with van der Waals surface area (Å²) < 4.78 is 6.37. The molecule has 2 unspecified atom stereocenters. The first-order valence-corrected chi connectivity index (χ1v) is 13.6. The van der Waals surface area contributed by atoms with E-state index in [2.05, 4.69) is 82.4 Å². The minimum atomic E-state index is -1.58. The molecule has 0 aliphatic carbocycles. The van der Waals surface area contributed by atoms with Crippen LogP contribution in [0.15, 0.2) is 54.6 Å². The van der Waals surface area contributed by atoms with Crippen LogP contribution in [0.4, 0.5) is 0 Å². The zero-order valence-corrected chi connectivity index (χ0v) is 18.6. The third-order valence-corrected chi connectivity index (χ3v) is 8.41. The van der Waals surface area contributed by atoms with Crippen molar-refractivity contribution in [1.82, 2.24) is 0 Å². The molecule has 0 aromatic heterocycles. The van der Waals surface area contributed by atoms with Gasteiger partial charge in [0.25, 0.3) is 0 Å². The molecule has 0 heterocycles. The van der Waals surface area contributed by atoms with E-state index in [1.165, 1.54) is 22.7 Å². The van der Waals surface area contributed by atoms with Crippen molar-refractivity contribution in [1.29, 1.82) is 0 Å². The lowest BCUT2D eigenvalue weighted by Crippen LogP contribution is -2.36. The maximum Gasteiger partial charge on any atom is 0.187 e. The van der Waals surface area contributed by atoms with Crippen molar-refractivity contribution in [3.05, 3.63) is 60.2 Å². The first-order valence-electron chi connectivity index (χ1n) is 9.47. The van der Waals surface area contributed by atoms with Crippen molar-refractivity contribution in [2.24, 2.45) is 11.7 Å². The SMILES string of the molecule is CC(C)C[Si](C)(C)OC(C)CSC(N)c1ccc(-c2ccccc2)cc1. The van der Waals surface area contributed by atoms with Crippen LogP contribution in [0.1, 0.15) is 31.7 Å². The highest BCUT2D eigenvalue weighted by atomic mass is 32.2. The summed E-state index contributed by atoms with van der Waals surface area (Å²) in [6.07, 6.45) is 0.245. The Labute approximate surface area is 164 Å². The summed E-state index contributed by atoms with van der Waals surface area (Å²) >= 11 is 1.77. The van der Waals surface area contributed by atoms with Gasteiger partial charge in [0.15, 0.2) is 8.32 Å². The van der Waals surface area contributed by atoms with E-state index in [-0.39, 0.29) is 11.5 Å². The van der Waals surface area contributed by atoms with Crippen molar-refractivity contribution >= 4 is 20.1 Å². The van der Waals surface area contributed by atoms with Crippen molar-refractivity contribution < 1.29 is 4.43 Å². The third-order valence-electron chi connectivity index (χ3n) is 4.28. The van der Waals surface area contributed by atoms with E-state index in [9.17, 15) is 0 Å². The molecule has 4 heteroatoms. The Morgan fingerprint density at radius 2 is 1.50 bits per heavy atom. The zero-order valence-electron chi connectivity index (χ0n) is 16.7. The van der Waals surface area contributed by atoms with Crippen LogP contribution in [0.25, 0.3) is 11.1 Å². The zero-order chi connectivity index (χ0) is 19.2. The van der Waals surface area contributed by atoms with E-state index in [4.69, 9.17) is 10.2 Å². The van der Waals surface area contributed by atoms with Gasteiger partial charge >= 0.3 is 0 Å². The van der Waals surface area contributed by atoms with Crippen molar-refractivity contribution in [3.63, 3.8) is 0 Å². The largest absolute Gasteiger partial charge is 0.414 e. The molecule has 0 aliphatic rings. The Bertz CT molecular complexity index is 658. The molecule has 142 valence electrons. The van der Waals surface area contributed by atoms with Gasteiger partial charge in [-0.15, -0.1) is 11.8 Å². The molecule has 26 heavy (non-hydrogen) atoms. The van der Waals surface area contributed by atoms with Gasteiger partial charge < -0.3 is 10.2 Å². The monoisotopic (exact) mass is 387 g/mol. The molecule has 0 saturated heterocycles. The van der Waals surface area contributed by atoms with Crippen LogP contribution in [-0.2, 0) is 4.43 Å². The van der Waals surface area contributed by atoms with Gasteiger partial charge in [0.05, 0.1) is 11.5 Å². The van der Waals surface area contributed by atoms with Gasteiger partial charge in [-0.3, -0.25) is 0 Å². The van der Waals surface area contributed by atoms with E-state index < -0.39 is 8.32 Å². The van der Waals surface area contributed by atoms with Crippen LogP contribution in [-0.4, -0.2) is 20.2 Å². The summed E-state index contributed by atoms with van der Waals surface area (Å²) in [7, 11) is -1.58. The Morgan fingerprint density at radius 3 is 2.08 bits per heavy atom. The van der Waals surface area contributed by atoms with Crippen molar-refractivity contribution in [3.8, 4) is 11.1 Å². The first-order chi connectivity index (χ1) is 12.3. The first kappa shape index (κ1) is 21.2.